The zero-order valence-electron chi connectivity index (χ0n) is 11.9. The highest BCUT2D eigenvalue weighted by atomic mass is 35.5. The fraction of sp³-hybridized carbons (Fsp3) is 0.294. The minimum absolute atomic E-state index is 0.0822. The number of rotatable bonds is 6. The van der Waals surface area contributed by atoms with E-state index >= 15 is 0 Å². The minimum Gasteiger partial charge on any atom is -0.497 e. The van der Waals surface area contributed by atoms with E-state index in [0.29, 0.717) is 0 Å². The standard InChI is InChI=1S/C17H20ClNO/c1-3-11-19-17(15-9-4-5-10-16(15)18)13-7-6-8-14(12-13)20-2/h4-10,12,17,19H,3,11H2,1-2H3. The van der Waals surface area contributed by atoms with Crippen LogP contribution in [0.15, 0.2) is 48.5 Å². The molecule has 0 saturated heterocycles. The molecule has 1 N–H and O–H groups in total. The first-order chi connectivity index (χ1) is 9.76. The third kappa shape index (κ3) is 3.53. The first-order valence-electron chi connectivity index (χ1n) is 6.88. The van der Waals surface area contributed by atoms with E-state index in [1.165, 1.54) is 0 Å². The highest BCUT2D eigenvalue weighted by Gasteiger charge is 2.16. The molecule has 0 bridgehead atoms. The molecule has 0 fully saturated rings. The molecule has 0 aliphatic rings. The molecule has 3 heteroatoms. The van der Waals surface area contributed by atoms with Crippen LogP contribution in [-0.2, 0) is 0 Å². The SMILES string of the molecule is CCCNC(c1cccc(OC)c1)c1ccccc1Cl. The van der Waals surface area contributed by atoms with E-state index in [9.17, 15) is 0 Å². The molecule has 20 heavy (non-hydrogen) atoms. The molecule has 1 atom stereocenters. The molecule has 0 heterocycles. The van der Waals surface area contributed by atoms with Crippen molar-refractivity contribution in [3.63, 3.8) is 0 Å². The van der Waals surface area contributed by atoms with Gasteiger partial charge in [-0.15, -0.1) is 0 Å². The molecule has 0 aliphatic heterocycles. The quantitative estimate of drug-likeness (QED) is 0.849. The van der Waals surface area contributed by atoms with Gasteiger partial charge in [0.15, 0.2) is 0 Å². The van der Waals surface area contributed by atoms with Crippen LogP contribution in [0.1, 0.15) is 30.5 Å². The van der Waals surface area contributed by atoms with Crippen LogP contribution in [0.4, 0.5) is 0 Å². The van der Waals surface area contributed by atoms with Gasteiger partial charge in [0, 0.05) is 5.02 Å². The summed E-state index contributed by atoms with van der Waals surface area (Å²) in [5.41, 5.74) is 2.25. The third-order valence-corrected chi connectivity index (χ3v) is 3.59. The predicted molar refractivity (Wildman–Crippen MR) is 84.6 cm³/mol. The highest BCUT2D eigenvalue weighted by Crippen LogP contribution is 2.29. The number of ether oxygens (including phenoxy) is 1. The zero-order chi connectivity index (χ0) is 14.4. The van der Waals surface area contributed by atoms with Crippen molar-refractivity contribution in [2.24, 2.45) is 0 Å². The second-order valence-corrected chi connectivity index (χ2v) is 5.09. The average molecular weight is 290 g/mol. The molecule has 0 spiro atoms. The van der Waals surface area contributed by atoms with E-state index in [2.05, 4.69) is 30.4 Å². The molecule has 0 aliphatic carbocycles. The van der Waals surface area contributed by atoms with Crippen LogP contribution in [0, 0.1) is 0 Å². The van der Waals surface area contributed by atoms with Gasteiger partial charge in [-0.3, -0.25) is 0 Å². The monoisotopic (exact) mass is 289 g/mol. The summed E-state index contributed by atoms with van der Waals surface area (Å²) in [4.78, 5) is 0. The lowest BCUT2D eigenvalue weighted by Gasteiger charge is -2.21. The van der Waals surface area contributed by atoms with E-state index < -0.39 is 0 Å². The number of benzene rings is 2. The molecule has 106 valence electrons. The Morgan fingerprint density at radius 2 is 1.95 bits per heavy atom. The summed E-state index contributed by atoms with van der Waals surface area (Å²) in [5, 5.41) is 4.34. The van der Waals surface area contributed by atoms with Gasteiger partial charge in [-0.2, -0.15) is 0 Å². The Morgan fingerprint density at radius 1 is 1.15 bits per heavy atom. The molecule has 0 amide bonds. The molecule has 2 aromatic rings. The van der Waals surface area contributed by atoms with Gasteiger partial charge in [0.2, 0.25) is 0 Å². The van der Waals surface area contributed by atoms with Gasteiger partial charge >= 0.3 is 0 Å². The predicted octanol–water partition coefficient (Wildman–Crippen LogP) is 4.44. The average Bonchev–Trinajstić information content (AvgIpc) is 2.49. The minimum atomic E-state index is 0.0822. The van der Waals surface area contributed by atoms with Crippen molar-refractivity contribution in [1.82, 2.24) is 5.32 Å². The first-order valence-corrected chi connectivity index (χ1v) is 7.25. The van der Waals surface area contributed by atoms with Gasteiger partial charge in [0.25, 0.3) is 0 Å². The summed E-state index contributed by atoms with van der Waals surface area (Å²) < 4.78 is 5.31. The van der Waals surface area contributed by atoms with Crippen LogP contribution in [-0.4, -0.2) is 13.7 Å². The lowest BCUT2D eigenvalue weighted by atomic mass is 9.98. The van der Waals surface area contributed by atoms with E-state index in [0.717, 1.165) is 34.9 Å². The number of methoxy groups -OCH3 is 1. The summed E-state index contributed by atoms with van der Waals surface area (Å²) >= 11 is 6.35. The van der Waals surface area contributed by atoms with Gasteiger partial charge in [-0.1, -0.05) is 48.9 Å². The van der Waals surface area contributed by atoms with E-state index in [1.54, 1.807) is 7.11 Å². The molecule has 0 saturated carbocycles. The van der Waals surface area contributed by atoms with Crippen LogP contribution in [0.2, 0.25) is 5.02 Å². The van der Waals surface area contributed by atoms with Gasteiger partial charge in [0.05, 0.1) is 13.2 Å². The van der Waals surface area contributed by atoms with Crippen molar-refractivity contribution >= 4 is 11.6 Å². The van der Waals surface area contributed by atoms with Crippen LogP contribution in [0.25, 0.3) is 0 Å². The number of halogens is 1. The summed E-state index contributed by atoms with van der Waals surface area (Å²) in [6.45, 7) is 3.09. The second kappa shape index (κ2) is 7.32. The van der Waals surface area contributed by atoms with Crippen molar-refractivity contribution in [2.45, 2.75) is 19.4 Å². The zero-order valence-corrected chi connectivity index (χ0v) is 12.7. The van der Waals surface area contributed by atoms with Gasteiger partial charge in [-0.05, 0) is 42.3 Å². The molecule has 2 rings (SSSR count). The number of nitrogens with one attached hydrogen (secondary N) is 1. The summed E-state index contributed by atoms with van der Waals surface area (Å²) in [6.07, 6.45) is 1.07. The van der Waals surface area contributed by atoms with E-state index in [4.69, 9.17) is 16.3 Å². The molecular formula is C17H20ClNO. The maximum absolute atomic E-state index is 6.35. The maximum atomic E-state index is 6.35. The third-order valence-electron chi connectivity index (χ3n) is 3.24. The topological polar surface area (TPSA) is 21.3 Å². The van der Waals surface area contributed by atoms with Crippen LogP contribution >= 0.6 is 11.6 Å². The number of hydrogen-bond donors (Lipinski definition) is 1. The second-order valence-electron chi connectivity index (χ2n) is 4.69. The van der Waals surface area contributed by atoms with Crippen molar-refractivity contribution in [2.75, 3.05) is 13.7 Å². The molecule has 1 unspecified atom stereocenters. The molecule has 2 aromatic carbocycles. The Kier molecular flexibility index (Phi) is 5.45. The van der Waals surface area contributed by atoms with E-state index in [-0.39, 0.29) is 6.04 Å². The lowest BCUT2D eigenvalue weighted by Crippen LogP contribution is -2.23. The Bertz CT molecular complexity index is 556. The van der Waals surface area contributed by atoms with Crippen LogP contribution in [0.3, 0.4) is 0 Å². The highest BCUT2D eigenvalue weighted by molar-refractivity contribution is 6.31. The first kappa shape index (κ1) is 14.9. The van der Waals surface area contributed by atoms with E-state index in [1.807, 2.05) is 30.3 Å². The summed E-state index contributed by atoms with van der Waals surface area (Å²) in [6, 6.07) is 16.1. The summed E-state index contributed by atoms with van der Waals surface area (Å²) in [5.74, 6) is 0.859. The van der Waals surface area contributed by atoms with Gasteiger partial charge in [0.1, 0.15) is 5.75 Å². The lowest BCUT2D eigenvalue weighted by molar-refractivity contribution is 0.413. The number of hydrogen-bond acceptors (Lipinski definition) is 2. The van der Waals surface area contributed by atoms with Crippen molar-refractivity contribution in [3.8, 4) is 5.75 Å². The normalized spacial score (nSPS) is 12.2. The Labute approximate surface area is 125 Å². The fourth-order valence-electron chi connectivity index (χ4n) is 2.23. The Balaban J connectivity index is 2.38. The molecule has 0 radical (unpaired) electrons. The molecular weight excluding hydrogens is 270 g/mol. The van der Waals surface area contributed by atoms with Crippen molar-refractivity contribution < 1.29 is 4.74 Å². The van der Waals surface area contributed by atoms with Gasteiger partial charge in [-0.25, -0.2) is 0 Å². The van der Waals surface area contributed by atoms with Crippen molar-refractivity contribution in [3.05, 3.63) is 64.7 Å². The smallest absolute Gasteiger partial charge is 0.119 e. The Hall–Kier alpha value is -1.51. The fourth-order valence-corrected chi connectivity index (χ4v) is 2.47. The molecule has 0 aromatic heterocycles. The van der Waals surface area contributed by atoms with Crippen LogP contribution < -0.4 is 10.1 Å². The van der Waals surface area contributed by atoms with Crippen LogP contribution in [0.5, 0.6) is 5.75 Å². The van der Waals surface area contributed by atoms with Gasteiger partial charge < -0.3 is 10.1 Å². The Morgan fingerprint density at radius 3 is 2.65 bits per heavy atom. The largest absolute Gasteiger partial charge is 0.497 e. The maximum Gasteiger partial charge on any atom is 0.119 e. The summed E-state index contributed by atoms with van der Waals surface area (Å²) in [7, 11) is 1.68. The van der Waals surface area contributed by atoms with Crippen molar-refractivity contribution in [1.29, 1.82) is 0 Å². The molecule has 2 nitrogen and oxygen atoms in total.